The number of hydrogen-bond donors (Lipinski definition) is 3. The number of aryl methyl sites for hydroxylation is 2. The van der Waals surface area contributed by atoms with Crippen molar-refractivity contribution in [3.8, 4) is 0 Å². The molecular weight excluding hydrogens is 182 g/mol. The molecule has 0 aromatic heterocycles. The van der Waals surface area contributed by atoms with Crippen LogP contribution in [0.2, 0.25) is 0 Å². The standard InChI is InChI=1S/C9H12N3O2/c1-6-3-7(2)9(10-5-11-13)8(4-6)12-14/h3-5,12-13H,1-2H3,(H,10,11)/q-1. The van der Waals surface area contributed by atoms with E-state index in [1.54, 1.807) is 11.5 Å². The number of hydrogen-bond acceptors (Lipinski definition) is 4. The summed E-state index contributed by atoms with van der Waals surface area (Å²) in [4.78, 5) is 3.89. The molecule has 0 heterocycles. The van der Waals surface area contributed by atoms with Gasteiger partial charge in [0.25, 0.3) is 0 Å². The quantitative estimate of drug-likeness (QED) is 0.389. The molecule has 1 aromatic carbocycles. The molecule has 0 spiro atoms. The van der Waals surface area contributed by atoms with Crippen molar-refractivity contribution in [2.45, 2.75) is 13.8 Å². The van der Waals surface area contributed by atoms with Gasteiger partial charge in [0.2, 0.25) is 0 Å². The van der Waals surface area contributed by atoms with Crippen LogP contribution < -0.4 is 11.0 Å². The van der Waals surface area contributed by atoms with Crippen LogP contribution in [0, 0.1) is 19.1 Å². The van der Waals surface area contributed by atoms with Crippen LogP contribution in [0.4, 0.5) is 11.4 Å². The molecule has 0 radical (unpaired) electrons. The van der Waals surface area contributed by atoms with Gasteiger partial charge in [-0.25, -0.2) is 4.99 Å². The number of rotatable bonds is 3. The molecule has 0 unspecified atom stereocenters. The zero-order valence-corrected chi connectivity index (χ0v) is 8.03. The summed E-state index contributed by atoms with van der Waals surface area (Å²) in [5.74, 6) is 0. The summed E-state index contributed by atoms with van der Waals surface area (Å²) in [5, 5.41) is 19.0. The minimum Gasteiger partial charge on any atom is -0.761 e. The highest BCUT2D eigenvalue weighted by atomic mass is 16.5. The third-order valence-electron chi connectivity index (χ3n) is 1.81. The van der Waals surface area contributed by atoms with Crippen LogP contribution in [0.15, 0.2) is 17.1 Å². The molecule has 0 amide bonds. The predicted octanol–water partition coefficient (Wildman–Crippen LogP) is 1.85. The molecule has 0 aliphatic heterocycles. The van der Waals surface area contributed by atoms with Gasteiger partial charge in [-0.3, -0.25) is 10.7 Å². The Bertz CT molecular complexity index is 350. The largest absolute Gasteiger partial charge is 0.761 e. The lowest BCUT2D eigenvalue weighted by atomic mass is 10.1. The van der Waals surface area contributed by atoms with Gasteiger partial charge in [-0.1, -0.05) is 6.07 Å². The smallest absolute Gasteiger partial charge is 0.113 e. The Hall–Kier alpha value is -1.59. The molecule has 5 nitrogen and oxygen atoms in total. The van der Waals surface area contributed by atoms with Gasteiger partial charge >= 0.3 is 0 Å². The summed E-state index contributed by atoms with van der Waals surface area (Å²) < 4.78 is 0. The molecule has 3 N–H and O–H groups in total. The molecular formula is C9H12N3O2-. The Morgan fingerprint density at radius 1 is 1.43 bits per heavy atom. The highest BCUT2D eigenvalue weighted by Gasteiger charge is 2.02. The second kappa shape index (κ2) is 4.59. The monoisotopic (exact) mass is 194 g/mol. The van der Waals surface area contributed by atoms with Crippen molar-refractivity contribution in [2.24, 2.45) is 4.99 Å². The average Bonchev–Trinajstić information content (AvgIpc) is 2.15. The van der Waals surface area contributed by atoms with Crippen LogP contribution in [0.5, 0.6) is 0 Å². The first-order valence-corrected chi connectivity index (χ1v) is 4.10. The Labute approximate surface area is 82.0 Å². The minimum absolute atomic E-state index is 0.397. The molecule has 0 saturated carbocycles. The van der Waals surface area contributed by atoms with Gasteiger partial charge in [0.15, 0.2) is 0 Å². The van der Waals surface area contributed by atoms with Crippen molar-refractivity contribution in [2.75, 3.05) is 5.48 Å². The third kappa shape index (κ3) is 2.21. The van der Waals surface area contributed by atoms with Crippen LogP contribution in [0.25, 0.3) is 0 Å². The van der Waals surface area contributed by atoms with Gasteiger partial charge in [-0.05, 0) is 31.0 Å². The van der Waals surface area contributed by atoms with E-state index in [0.29, 0.717) is 11.4 Å². The maximum Gasteiger partial charge on any atom is 0.113 e. The Morgan fingerprint density at radius 2 is 2.14 bits per heavy atom. The Morgan fingerprint density at radius 3 is 2.71 bits per heavy atom. The van der Waals surface area contributed by atoms with Crippen molar-refractivity contribution >= 4 is 17.7 Å². The molecule has 0 atom stereocenters. The van der Waals surface area contributed by atoms with Crippen LogP contribution >= 0.6 is 0 Å². The lowest BCUT2D eigenvalue weighted by Gasteiger charge is -2.15. The first-order chi connectivity index (χ1) is 6.69. The van der Waals surface area contributed by atoms with Gasteiger partial charge in [0.1, 0.15) is 6.34 Å². The molecule has 0 fully saturated rings. The fourth-order valence-corrected chi connectivity index (χ4v) is 1.30. The fourth-order valence-electron chi connectivity index (χ4n) is 1.30. The van der Waals surface area contributed by atoms with E-state index < -0.39 is 0 Å². The number of anilines is 1. The van der Waals surface area contributed by atoms with Gasteiger partial charge in [-0.15, -0.1) is 0 Å². The summed E-state index contributed by atoms with van der Waals surface area (Å²) in [6.45, 7) is 3.74. The predicted molar refractivity (Wildman–Crippen MR) is 56.0 cm³/mol. The second-order valence-corrected chi connectivity index (χ2v) is 2.97. The lowest BCUT2D eigenvalue weighted by molar-refractivity contribution is 0.240. The van der Waals surface area contributed by atoms with Crippen molar-refractivity contribution < 1.29 is 5.21 Å². The van der Waals surface area contributed by atoms with E-state index in [1.807, 2.05) is 25.4 Å². The molecule has 1 aromatic rings. The molecule has 0 aliphatic rings. The molecule has 0 bridgehead atoms. The fraction of sp³-hybridized carbons (Fsp3) is 0.222. The van der Waals surface area contributed by atoms with Gasteiger partial charge in [0.05, 0.1) is 11.4 Å². The highest BCUT2D eigenvalue weighted by molar-refractivity contribution is 5.75. The molecule has 0 aliphatic carbocycles. The maximum absolute atomic E-state index is 10.6. The normalized spacial score (nSPS) is 10.6. The van der Waals surface area contributed by atoms with Crippen molar-refractivity contribution in [3.63, 3.8) is 0 Å². The van der Waals surface area contributed by atoms with Crippen LogP contribution in [0.1, 0.15) is 11.1 Å². The van der Waals surface area contributed by atoms with E-state index in [-0.39, 0.29) is 0 Å². The van der Waals surface area contributed by atoms with Gasteiger partial charge < -0.3 is 10.7 Å². The van der Waals surface area contributed by atoms with Crippen molar-refractivity contribution in [1.82, 2.24) is 5.48 Å². The third-order valence-corrected chi connectivity index (χ3v) is 1.81. The first-order valence-electron chi connectivity index (χ1n) is 4.10. The summed E-state index contributed by atoms with van der Waals surface area (Å²) in [7, 11) is 0. The number of hydroxylamine groups is 1. The van der Waals surface area contributed by atoms with Crippen molar-refractivity contribution in [1.29, 1.82) is 0 Å². The molecule has 14 heavy (non-hydrogen) atoms. The van der Waals surface area contributed by atoms with Crippen LogP contribution in [-0.2, 0) is 0 Å². The zero-order chi connectivity index (χ0) is 10.6. The first kappa shape index (κ1) is 10.5. The van der Waals surface area contributed by atoms with E-state index in [4.69, 9.17) is 5.21 Å². The Kier molecular flexibility index (Phi) is 3.44. The minimum atomic E-state index is 0.397. The van der Waals surface area contributed by atoms with Crippen molar-refractivity contribution in [3.05, 3.63) is 28.5 Å². The Balaban J connectivity index is 3.18. The van der Waals surface area contributed by atoms with E-state index in [0.717, 1.165) is 17.5 Å². The average molecular weight is 194 g/mol. The second-order valence-electron chi connectivity index (χ2n) is 2.97. The topological polar surface area (TPSA) is 79.7 Å². The number of aliphatic imine (C=N–C) groups is 1. The lowest BCUT2D eigenvalue weighted by Crippen LogP contribution is -2.01. The van der Waals surface area contributed by atoms with E-state index in [9.17, 15) is 5.21 Å². The summed E-state index contributed by atoms with van der Waals surface area (Å²) in [5.41, 5.74) is 6.37. The number of nitrogens with one attached hydrogen (secondary N) is 2. The van der Waals surface area contributed by atoms with E-state index in [2.05, 4.69) is 4.99 Å². The molecule has 0 saturated heterocycles. The van der Waals surface area contributed by atoms with E-state index in [1.165, 1.54) is 0 Å². The van der Waals surface area contributed by atoms with Gasteiger partial charge in [0, 0.05) is 0 Å². The number of benzene rings is 1. The summed E-state index contributed by atoms with van der Waals surface area (Å²) >= 11 is 0. The molecule has 76 valence electrons. The maximum atomic E-state index is 10.6. The summed E-state index contributed by atoms with van der Waals surface area (Å²) in [6.07, 6.45) is 1.11. The van der Waals surface area contributed by atoms with Gasteiger partial charge in [-0.2, -0.15) is 0 Å². The van der Waals surface area contributed by atoms with Crippen LogP contribution in [0.3, 0.4) is 0 Å². The molecule has 1 rings (SSSR count). The summed E-state index contributed by atoms with van der Waals surface area (Å²) in [6, 6.07) is 3.61. The van der Waals surface area contributed by atoms with Crippen LogP contribution in [-0.4, -0.2) is 11.5 Å². The molecule has 5 heteroatoms. The SMILES string of the molecule is Cc1cc(C)c(N=CNO)c(N[O-])c1. The van der Waals surface area contributed by atoms with E-state index >= 15 is 0 Å². The zero-order valence-electron chi connectivity index (χ0n) is 8.03. The highest BCUT2D eigenvalue weighted by Crippen LogP contribution is 2.29. The number of nitrogens with zero attached hydrogens (tertiary/aromatic N) is 1.